The SMILES string of the molecule is C=CC[C@@H](O)[C@@H](O)CCCC1OCCCO1. The highest BCUT2D eigenvalue weighted by atomic mass is 16.7. The summed E-state index contributed by atoms with van der Waals surface area (Å²) in [6, 6.07) is 0. The fourth-order valence-electron chi connectivity index (χ4n) is 1.72. The third-order valence-corrected chi connectivity index (χ3v) is 2.69. The van der Waals surface area contributed by atoms with Gasteiger partial charge in [-0.3, -0.25) is 0 Å². The first kappa shape index (κ1) is 13.6. The van der Waals surface area contributed by atoms with Gasteiger partial charge in [-0.15, -0.1) is 6.58 Å². The van der Waals surface area contributed by atoms with Crippen molar-refractivity contribution in [2.75, 3.05) is 13.2 Å². The summed E-state index contributed by atoms with van der Waals surface area (Å²) in [6.07, 6.45) is 3.62. The molecule has 0 aromatic carbocycles. The van der Waals surface area contributed by atoms with Crippen LogP contribution in [0.15, 0.2) is 12.7 Å². The maximum Gasteiger partial charge on any atom is 0.157 e. The van der Waals surface area contributed by atoms with Crippen molar-refractivity contribution in [2.24, 2.45) is 0 Å². The summed E-state index contributed by atoms with van der Waals surface area (Å²) in [6.45, 7) is 5.04. The van der Waals surface area contributed by atoms with Crippen molar-refractivity contribution in [1.82, 2.24) is 0 Å². The Kier molecular flexibility index (Phi) is 6.64. The lowest BCUT2D eigenvalue weighted by Crippen LogP contribution is -2.27. The van der Waals surface area contributed by atoms with E-state index in [1.807, 2.05) is 0 Å². The van der Waals surface area contributed by atoms with Gasteiger partial charge in [0.05, 0.1) is 25.4 Å². The lowest BCUT2D eigenvalue weighted by molar-refractivity contribution is -0.182. The summed E-state index contributed by atoms with van der Waals surface area (Å²) in [5, 5.41) is 19.1. The van der Waals surface area contributed by atoms with E-state index in [9.17, 15) is 10.2 Å². The molecule has 0 saturated carbocycles. The summed E-state index contributed by atoms with van der Waals surface area (Å²) in [5.41, 5.74) is 0. The van der Waals surface area contributed by atoms with E-state index >= 15 is 0 Å². The van der Waals surface area contributed by atoms with Crippen LogP contribution in [0, 0.1) is 0 Å². The lowest BCUT2D eigenvalue weighted by Gasteiger charge is -2.24. The summed E-state index contributed by atoms with van der Waals surface area (Å²) < 4.78 is 10.8. The summed E-state index contributed by atoms with van der Waals surface area (Å²) in [7, 11) is 0. The molecule has 0 bridgehead atoms. The van der Waals surface area contributed by atoms with Crippen LogP contribution in [0.3, 0.4) is 0 Å². The number of hydrogen-bond acceptors (Lipinski definition) is 4. The fourth-order valence-corrected chi connectivity index (χ4v) is 1.72. The molecule has 1 aliphatic heterocycles. The van der Waals surface area contributed by atoms with Crippen LogP contribution < -0.4 is 0 Å². The molecule has 0 spiro atoms. The Labute approximate surface area is 96.9 Å². The predicted molar refractivity (Wildman–Crippen MR) is 61.0 cm³/mol. The van der Waals surface area contributed by atoms with E-state index in [1.165, 1.54) is 0 Å². The van der Waals surface area contributed by atoms with Gasteiger partial charge in [0.2, 0.25) is 0 Å². The molecule has 1 fully saturated rings. The van der Waals surface area contributed by atoms with Gasteiger partial charge in [0.15, 0.2) is 6.29 Å². The summed E-state index contributed by atoms with van der Waals surface area (Å²) in [4.78, 5) is 0. The van der Waals surface area contributed by atoms with E-state index in [4.69, 9.17) is 9.47 Å². The molecule has 16 heavy (non-hydrogen) atoms. The Bertz CT molecular complexity index is 189. The Morgan fingerprint density at radius 1 is 1.25 bits per heavy atom. The minimum absolute atomic E-state index is 0.127. The van der Waals surface area contributed by atoms with Gasteiger partial charge in [-0.2, -0.15) is 0 Å². The van der Waals surface area contributed by atoms with Crippen molar-refractivity contribution in [2.45, 2.75) is 50.6 Å². The standard InChI is InChI=1S/C12H22O4/c1-2-5-10(13)11(14)6-3-7-12-15-8-4-9-16-12/h2,10-14H,1,3-9H2/t10-,11+/m1/s1. The minimum Gasteiger partial charge on any atom is -0.390 e. The Morgan fingerprint density at radius 2 is 1.94 bits per heavy atom. The van der Waals surface area contributed by atoms with Gasteiger partial charge in [0.1, 0.15) is 0 Å². The van der Waals surface area contributed by atoms with E-state index in [-0.39, 0.29) is 6.29 Å². The zero-order valence-corrected chi connectivity index (χ0v) is 9.68. The smallest absolute Gasteiger partial charge is 0.157 e. The first-order valence-electron chi connectivity index (χ1n) is 5.94. The molecule has 0 amide bonds. The lowest BCUT2D eigenvalue weighted by atomic mass is 10.0. The minimum atomic E-state index is -0.703. The van der Waals surface area contributed by atoms with E-state index in [1.54, 1.807) is 6.08 Å². The van der Waals surface area contributed by atoms with Crippen LogP contribution in [-0.4, -0.2) is 41.9 Å². The van der Waals surface area contributed by atoms with E-state index in [0.717, 1.165) is 32.5 Å². The van der Waals surface area contributed by atoms with Gasteiger partial charge >= 0.3 is 0 Å². The molecule has 0 aliphatic carbocycles. The van der Waals surface area contributed by atoms with Gasteiger partial charge < -0.3 is 19.7 Å². The van der Waals surface area contributed by atoms with Gasteiger partial charge in [0.25, 0.3) is 0 Å². The van der Waals surface area contributed by atoms with Crippen molar-refractivity contribution < 1.29 is 19.7 Å². The Balaban J connectivity index is 2.06. The maximum atomic E-state index is 9.60. The molecule has 94 valence electrons. The quantitative estimate of drug-likeness (QED) is 0.646. The second-order valence-electron chi connectivity index (χ2n) is 4.11. The van der Waals surface area contributed by atoms with Crippen molar-refractivity contribution in [3.63, 3.8) is 0 Å². The number of rotatable bonds is 7. The topological polar surface area (TPSA) is 58.9 Å². The second-order valence-corrected chi connectivity index (χ2v) is 4.11. The average molecular weight is 230 g/mol. The Hall–Kier alpha value is -0.420. The molecule has 4 heteroatoms. The Morgan fingerprint density at radius 3 is 2.56 bits per heavy atom. The van der Waals surface area contributed by atoms with E-state index < -0.39 is 12.2 Å². The van der Waals surface area contributed by atoms with Crippen LogP contribution in [-0.2, 0) is 9.47 Å². The number of hydrogen-bond donors (Lipinski definition) is 2. The second kappa shape index (κ2) is 7.79. The monoisotopic (exact) mass is 230 g/mol. The number of ether oxygens (including phenoxy) is 2. The molecule has 1 heterocycles. The van der Waals surface area contributed by atoms with Crippen LogP contribution in [0.5, 0.6) is 0 Å². The molecule has 0 aromatic rings. The van der Waals surface area contributed by atoms with Crippen LogP contribution >= 0.6 is 0 Å². The normalized spacial score (nSPS) is 21.6. The van der Waals surface area contributed by atoms with E-state index in [2.05, 4.69) is 6.58 Å². The van der Waals surface area contributed by atoms with Crippen LogP contribution in [0.2, 0.25) is 0 Å². The first-order valence-corrected chi connectivity index (χ1v) is 5.94. The number of aliphatic hydroxyl groups is 2. The number of aliphatic hydroxyl groups excluding tert-OH is 2. The zero-order valence-electron chi connectivity index (χ0n) is 9.68. The highest BCUT2D eigenvalue weighted by Gasteiger charge is 2.17. The molecule has 4 nitrogen and oxygen atoms in total. The summed E-state index contributed by atoms with van der Waals surface area (Å²) in [5.74, 6) is 0. The molecule has 2 atom stereocenters. The van der Waals surface area contributed by atoms with Crippen molar-refractivity contribution in [1.29, 1.82) is 0 Å². The van der Waals surface area contributed by atoms with Crippen molar-refractivity contribution in [3.8, 4) is 0 Å². The van der Waals surface area contributed by atoms with Gasteiger partial charge in [0, 0.05) is 0 Å². The molecular formula is C12H22O4. The molecule has 1 aliphatic rings. The zero-order chi connectivity index (χ0) is 11.8. The third kappa shape index (κ3) is 5.07. The molecule has 0 radical (unpaired) electrons. The molecule has 1 saturated heterocycles. The van der Waals surface area contributed by atoms with Gasteiger partial charge in [-0.05, 0) is 32.1 Å². The molecule has 0 aromatic heterocycles. The molecule has 1 rings (SSSR count). The first-order chi connectivity index (χ1) is 7.74. The van der Waals surface area contributed by atoms with Gasteiger partial charge in [-0.25, -0.2) is 0 Å². The van der Waals surface area contributed by atoms with Crippen LogP contribution in [0.4, 0.5) is 0 Å². The predicted octanol–water partition coefficient (Wildman–Crippen LogP) is 1.22. The summed E-state index contributed by atoms with van der Waals surface area (Å²) >= 11 is 0. The fraction of sp³-hybridized carbons (Fsp3) is 0.833. The molecule has 2 N–H and O–H groups in total. The van der Waals surface area contributed by atoms with E-state index in [0.29, 0.717) is 12.8 Å². The highest BCUT2D eigenvalue weighted by Crippen LogP contribution is 2.14. The van der Waals surface area contributed by atoms with Crippen LogP contribution in [0.25, 0.3) is 0 Å². The molecule has 0 unspecified atom stereocenters. The van der Waals surface area contributed by atoms with Crippen molar-refractivity contribution in [3.05, 3.63) is 12.7 Å². The average Bonchev–Trinajstić information content (AvgIpc) is 2.30. The third-order valence-electron chi connectivity index (χ3n) is 2.69. The maximum absolute atomic E-state index is 9.60. The molecular weight excluding hydrogens is 208 g/mol. The largest absolute Gasteiger partial charge is 0.390 e. The van der Waals surface area contributed by atoms with Crippen LogP contribution in [0.1, 0.15) is 32.1 Å². The highest BCUT2D eigenvalue weighted by molar-refractivity contribution is 4.77. The van der Waals surface area contributed by atoms with Gasteiger partial charge in [-0.1, -0.05) is 6.08 Å². The van der Waals surface area contributed by atoms with Crippen molar-refractivity contribution >= 4 is 0 Å².